The second-order valence-electron chi connectivity index (χ2n) is 7.27. The molecule has 2 atom stereocenters. The van der Waals surface area contributed by atoms with Crippen LogP contribution in [0.1, 0.15) is 51.8 Å². The molecule has 0 spiro atoms. The molecule has 2 heteroatoms. The highest BCUT2D eigenvalue weighted by Gasteiger charge is 2.57. The minimum Gasteiger partial charge on any atom is -0.312 e. The number of nitrogens with one attached hydrogen (secondary N) is 1. The van der Waals surface area contributed by atoms with Crippen molar-refractivity contribution in [3.63, 3.8) is 0 Å². The summed E-state index contributed by atoms with van der Waals surface area (Å²) in [5.41, 5.74) is 3.09. The first-order chi connectivity index (χ1) is 8.22. The first kappa shape index (κ1) is 13.5. The van der Waals surface area contributed by atoms with Crippen LogP contribution >= 0.6 is 0 Å². The molecular weight excluding hydrogens is 220 g/mol. The Kier molecular flexibility index (Phi) is 3.26. The highest BCUT2D eigenvalue weighted by Crippen LogP contribution is 2.63. The summed E-state index contributed by atoms with van der Waals surface area (Å²) in [5, 5.41) is 3.63. The van der Waals surface area contributed by atoms with Crippen molar-refractivity contribution in [2.75, 3.05) is 6.54 Å². The van der Waals surface area contributed by atoms with Crippen molar-refractivity contribution in [3.05, 3.63) is 29.6 Å². The van der Waals surface area contributed by atoms with Gasteiger partial charge in [-0.05, 0) is 63.1 Å². The minimum absolute atomic E-state index is 0.203. The molecule has 18 heavy (non-hydrogen) atoms. The Balaban J connectivity index is 2.04. The quantitative estimate of drug-likeness (QED) is 0.882. The lowest BCUT2D eigenvalue weighted by Gasteiger charge is -2.21. The Bertz CT molecular complexity index is 412. The molecule has 2 rings (SSSR count). The minimum atomic E-state index is 0.203. The highest BCUT2D eigenvalue weighted by atomic mass is 15.0. The van der Waals surface area contributed by atoms with E-state index in [9.17, 15) is 0 Å². The van der Waals surface area contributed by atoms with Gasteiger partial charge in [0.05, 0.1) is 0 Å². The monoisotopic (exact) mass is 246 g/mol. The number of nitrogens with zero attached hydrogens (tertiary/aromatic N) is 1. The Morgan fingerprint density at radius 3 is 2.44 bits per heavy atom. The molecule has 0 aromatic carbocycles. The third kappa shape index (κ3) is 2.74. The van der Waals surface area contributed by atoms with Crippen LogP contribution in [0.3, 0.4) is 0 Å². The first-order valence-corrected chi connectivity index (χ1v) is 6.89. The molecule has 1 N–H and O–H groups in total. The van der Waals surface area contributed by atoms with E-state index < -0.39 is 0 Å². The summed E-state index contributed by atoms with van der Waals surface area (Å²) in [6.07, 6.45) is 2.05. The fraction of sp³-hybridized carbons (Fsp3) is 0.688. The zero-order valence-corrected chi connectivity index (χ0v) is 12.5. The zero-order valence-electron chi connectivity index (χ0n) is 12.5. The summed E-state index contributed by atoms with van der Waals surface area (Å²) in [6, 6.07) is 4.36. The number of aryl methyl sites for hydroxylation is 1. The predicted molar refractivity (Wildman–Crippen MR) is 76.7 cm³/mol. The van der Waals surface area contributed by atoms with E-state index in [1.807, 2.05) is 6.92 Å². The molecule has 0 saturated heterocycles. The predicted octanol–water partition coefficient (Wildman–Crippen LogP) is 3.52. The van der Waals surface area contributed by atoms with Gasteiger partial charge in [-0.3, -0.25) is 4.98 Å². The molecule has 1 saturated carbocycles. The molecule has 0 amide bonds. The van der Waals surface area contributed by atoms with Gasteiger partial charge in [0.1, 0.15) is 0 Å². The van der Waals surface area contributed by atoms with E-state index in [1.54, 1.807) is 0 Å². The molecular formula is C16H26N2. The summed E-state index contributed by atoms with van der Waals surface area (Å²) in [7, 11) is 0. The van der Waals surface area contributed by atoms with E-state index in [0.717, 1.165) is 18.2 Å². The molecule has 1 aliphatic carbocycles. The van der Waals surface area contributed by atoms with Crippen LogP contribution in [0.15, 0.2) is 18.3 Å². The third-order valence-corrected chi connectivity index (χ3v) is 4.20. The van der Waals surface area contributed by atoms with Crippen LogP contribution in [0.2, 0.25) is 0 Å². The van der Waals surface area contributed by atoms with Crippen molar-refractivity contribution in [1.29, 1.82) is 0 Å². The highest BCUT2D eigenvalue weighted by molar-refractivity contribution is 5.30. The molecule has 1 aliphatic rings. The van der Waals surface area contributed by atoms with Crippen molar-refractivity contribution in [2.45, 2.75) is 53.0 Å². The lowest BCUT2D eigenvalue weighted by Crippen LogP contribution is -2.37. The average molecular weight is 246 g/mol. The van der Waals surface area contributed by atoms with E-state index in [1.165, 1.54) is 5.56 Å². The second-order valence-corrected chi connectivity index (χ2v) is 7.27. The summed E-state index contributed by atoms with van der Waals surface area (Å²) in [6.45, 7) is 14.6. The van der Waals surface area contributed by atoms with Crippen molar-refractivity contribution in [3.8, 4) is 0 Å². The number of hydrogen-bond donors (Lipinski definition) is 1. The number of pyridine rings is 1. The topological polar surface area (TPSA) is 24.9 Å². The molecule has 1 aromatic heterocycles. The lowest BCUT2D eigenvalue weighted by molar-refractivity contribution is 0.396. The van der Waals surface area contributed by atoms with Crippen molar-refractivity contribution in [2.24, 2.45) is 11.3 Å². The maximum absolute atomic E-state index is 4.43. The van der Waals surface area contributed by atoms with Gasteiger partial charge in [0.2, 0.25) is 0 Å². The number of aromatic nitrogens is 1. The number of hydrogen-bond acceptors (Lipinski definition) is 2. The number of rotatable bonds is 3. The van der Waals surface area contributed by atoms with Crippen molar-refractivity contribution in [1.82, 2.24) is 10.3 Å². The van der Waals surface area contributed by atoms with Gasteiger partial charge >= 0.3 is 0 Å². The van der Waals surface area contributed by atoms with Crippen LogP contribution in [0.25, 0.3) is 0 Å². The molecule has 1 fully saturated rings. The fourth-order valence-electron chi connectivity index (χ4n) is 2.87. The van der Waals surface area contributed by atoms with Crippen LogP contribution in [0, 0.1) is 18.3 Å². The lowest BCUT2D eigenvalue weighted by atomic mass is 10.0. The SMILES string of the molecule is Cc1ccc(C2C(CNC(C)(C)C)C2(C)C)cn1. The molecule has 0 bridgehead atoms. The van der Waals surface area contributed by atoms with Gasteiger partial charge in [-0.25, -0.2) is 0 Å². The van der Waals surface area contributed by atoms with Gasteiger partial charge in [0.15, 0.2) is 0 Å². The van der Waals surface area contributed by atoms with E-state index in [2.05, 4.69) is 63.2 Å². The molecule has 1 heterocycles. The smallest absolute Gasteiger partial charge is 0.0372 e. The molecule has 0 aliphatic heterocycles. The Hall–Kier alpha value is -0.890. The van der Waals surface area contributed by atoms with E-state index in [-0.39, 0.29) is 5.54 Å². The van der Waals surface area contributed by atoms with Crippen molar-refractivity contribution < 1.29 is 0 Å². The first-order valence-electron chi connectivity index (χ1n) is 6.89. The van der Waals surface area contributed by atoms with Crippen LogP contribution in [0.4, 0.5) is 0 Å². The van der Waals surface area contributed by atoms with Gasteiger partial charge < -0.3 is 5.32 Å². The van der Waals surface area contributed by atoms with Gasteiger partial charge in [0, 0.05) is 17.4 Å². The third-order valence-electron chi connectivity index (χ3n) is 4.20. The summed E-state index contributed by atoms with van der Waals surface area (Å²) in [5.74, 6) is 1.38. The Morgan fingerprint density at radius 2 is 1.94 bits per heavy atom. The van der Waals surface area contributed by atoms with Crippen LogP contribution in [0.5, 0.6) is 0 Å². The Labute approximate surface area is 111 Å². The summed E-state index contributed by atoms with van der Waals surface area (Å²) in [4.78, 5) is 4.43. The van der Waals surface area contributed by atoms with Gasteiger partial charge in [0.25, 0.3) is 0 Å². The Morgan fingerprint density at radius 1 is 1.28 bits per heavy atom. The van der Waals surface area contributed by atoms with E-state index in [0.29, 0.717) is 11.3 Å². The molecule has 2 nitrogen and oxygen atoms in total. The van der Waals surface area contributed by atoms with Crippen molar-refractivity contribution >= 4 is 0 Å². The van der Waals surface area contributed by atoms with Crippen LogP contribution in [-0.4, -0.2) is 17.1 Å². The standard InChI is InChI=1S/C16H26N2/c1-11-7-8-12(9-17-11)14-13(16(14,5)6)10-18-15(2,3)4/h7-9,13-14,18H,10H2,1-6H3. The average Bonchev–Trinajstić information content (AvgIpc) is 2.78. The molecule has 0 radical (unpaired) electrons. The van der Waals surface area contributed by atoms with Gasteiger partial charge in [-0.1, -0.05) is 19.9 Å². The maximum atomic E-state index is 4.43. The molecule has 100 valence electrons. The fourth-order valence-corrected chi connectivity index (χ4v) is 2.87. The summed E-state index contributed by atoms with van der Waals surface area (Å²) >= 11 is 0. The van der Waals surface area contributed by atoms with Gasteiger partial charge in [-0.2, -0.15) is 0 Å². The van der Waals surface area contributed by atoms with Crippen LogP contribution < -0.4 is 5.32 Å². The molecule has 1 aromatic rings. The van der Waals surface area contributed by atoms with Crippen LogP contribution in [-0.2, 0) is 0 Å². The van der Waals surface area contributed by atoms with Gasteiger partial charge in [-0.15, -0.1) is 0 Å². The van der Waals surface area contributed by atoms with E-state index in [4.69, 9.17) is 0 Å². The largest absolute Gasteiger partial charge is 0.312 e. The zero-order chi connectivity index (χ0) is 13.6. The maximum Gasteiger partial charge on any atom is 0.0372 e. The normalized spacial score (nSPS) is 26.1. The van der Waals surface area contributed by atoms with E-state index >= 15 is 0 Å². The second kappa shape index (κ2) is 4.34. The summed E-state index contributed by atoms with van der Waals surface area (Å²) < 4.78 is 0. The molecule has 2 unspecified atom stereocenters.